The van der Waals surface area contributed by atoms with Gasteiger partial charge < -0.3 is 20.3 Å². The highest BCUT2D eigenvalue weighted by Crippen LogP contribution is 2.45. The Morgan fingerprint density at radius 1 is 0.978 bits per heavy atom. The molecule has 5 aromatic rings. The number of aryl methyl sites for hydroxylation is 1. The van der Waals surface area contributed by atoms with Gasteiger partial charge in [0, 0.05) is 46.9 Å². The van der Waals surface area contributed by atoms with E-state index in [-0.39, 0.29) is 11.8 Å². The molecule has 1 aliphatic carbocycles. The number of aromatic nitrogens is 2. The lowest BCUT2D eigenvalue weighted by Gasteiger charge is -2.25. The number of benzene rings is 3. The second-order valence-corrected chi connectivity index (χ2v) is 12.3. The Morgan fingerprint density at radius 2 is 1.73 bits per heavy atom. The second kappa shape index (κ2) is 12.0. The quantitative estimate of drug-likeness (QED) is 0.162. The van der Waals surface area contributed by atoms with Crippen molar-refractivity contribution in [3.05, 3.63) is 102 Å². The molecule has 2 aromatic heterocycles. The first-order valence-corrected chi connectivity index (χ1v) is 15.2. The first-order valence-electron chi connectivity index (χ1n) is 15.2. The van der Waals surface area contributed by atoms with E-state index in [1.807, 2.05) is 24.4 Å². The number of carbonyl (C=O) groups excluding carboxylic acids is 2. The molecule has 2 amide bonds. The molecule has 8 nitrogen and oxygen atoms in total. The van der Waals surface area contributed by atoms with E-state index in [0.717, 1.165) is 46.3 Å². The van der Waals surface area contributed by atoms with E-state index in [0.29, 0.717) is 22.7 Å². The van der Waals surface area contributed by atoms with Crippen molar-refractivity contribution in [3.63, 3.8) is 0 Å². The molecule has 3 N–H and O–H groups in total. The van der Waals surface area contributed by atoms with Gasteiger partial charge in [0.2, 0.25) is 5.91 Å². The van der Waals surface area contributed by atoms with Gasteiger partial charge in [0.25, 0.3) is 5.91 Å². The number of amides is 2. The third-order valence-electron chi connectivity index (χ3n) is 8.72. The lowest BCUT2D eigenvalue weighted by molar-refractivity contribution is -0.131. The largest absolute Gasteiger partial charge is 0.478 e. The Kier molecular flexibility index (Phi) is 7.97. The number of rotatable bonds is 8. The maximum atomic E-state index is 13.5. The van der Waals surface area contributed by atoms with Gasteiger partial charge in [-0.2, -0.15) is 0 Å². The molecule has 1 saturated carbocycles. The van der Waals surface area contributed by atoms with Crippen LogP contribution in [0.2, 0.25) is 0 Å². The Bertz CT molecular complexity index is 1960. The van der Waals surface area contributed by atoms with Gasteiger partial charge in [-0.25, -0.2) is 4.79 Å². The predicted octanol–water partition coefficient (Wildman–Crippen LogP) is 7.30. The SMILES string of the molecule is Cn1c(-c2ccc3ncccc3c2)c(C2CCCC2)c2ccc(C(=O)NC(C)(C)C(=O)Nc3ccc(/C=C/C(=O)O)cc3)cc21. The van der Waals surface area contributed by atoms with Gasteiger partial charge in [-0.1, -0.05) is 43.2 Å². The smallest absolute Gasteiger partial charge is 0.328 e. The molecular weight excluding hydrogens is 564 g/mol. The lowest BCUT2D eigenvalue weighted by atomic mass is 9.91. The molecule has 0 saturated heterocycles. The molecule has 0 aliphatic heterocycles. The monoisotopic (exact) mass is 600 g/mol. The number of nitrogens with one attached hydrogen (secondary N) is 2. The Labute approximate surface area is 261 Å². The van der Waals surface area contributed by atoms with Crippen LogP contribution < -0.4 is 10.6 Å². The molecule has 6 rings (SSSR count). The summed E-state index contributed by atoms with van der Waals surface area (Å²) in [4.78, 5) is 42.0. The van der Waals surface area contributed by atoms with E-state index in [1.165, 1.54) is 30.2 Å². The fourth-order valence-electron chi connectivity index (χ4n) is 6.35. The van der Waals surface area contributed by atoms with Gasteiger partial charge in [0.1, 0.15) is 5.54 Å². The summed E-state index contributed by atoms with van der Waals surface area (Å²) >= 11 is 0. The van der Waals surface area contributed by atoms with E-state index in [4.69, 9.17) is 5.11 Å². The average molecular weight is 601 g/mol. The molecule has 8 heteroatoms. The standard InChI is InChI=1S/C37H36N4O4/c1-37(2,36(45)39-28-15-10-23(11-16-28)12-19-32(42)43)40-35(44)27-13-17-29-31(22-27)41(3)34(33(29)24-7-4-5-8-24)26-14-18-30-25(21-26)9-6-20-38-30/h6,9-22,24H,4-5,7-8H2,1-3H3,(H,39,45)(H,40,44)(H,42,43)/b19-12+. The summed E-state index contributed by atoms with van der Waals surface area (Å²) in [5.74, 6) is -1.29. The van der Waals surface area contributed by atoms with Crippen molar-refractivity contribution in [1.82, 2.24) is 14.9 Å². The van der Waals surface area contributed by atoms with Crippen LogP contribution in [0.4, 0.5) is 5.69 Å². The third kappa shape index (κ3) is 6.09. The first-order chi connectivity index (χ1) is 21.6. The molecule has 45 heavy (non-hydrogen) atoms. The number of pyridine rings is 1. The van der Waals surface area contributed by atoms with Crippen molar-refractivity contribution in [2.24, 2.45) is 7.05 Å². The highest BCUT2D eigenvalue weighted by Gasteiger charge is 2.31. The first kappa shape index (κ1) is 29.8. The number of fused-ring (bicyclic) bond motifs is 2. The maximum absolute atomic E-state index is 13.5. The molecule has 2 heterocycles. The zero-order chi connectivity index (χ0) is 31.7. The van der Waals surface area contributed by atoms with Crippen LogP contribution in [0.3, 0.4) is 0 Å². The Hall–Kier alpha value is -5.24. The van der Waals surface area contributed by atoms with Crippen molar-refractivity contribution in [2.75, 3.05) is 5.32 Å². The average Bonchev–Trinajstić information content (AvgIpc) is 3.66. The van der Waals surface area contributed by atoms with Crippen LogP contribution in [-0.4, -0.2) is 38.0 Å². The van der Waals surface area contributed by atoms with Crippen LogP contribution in [0.1, 0.15) is 66.9 Å². The lowest BCUT2D eigenvalue weighted by Crippen LogP contribution is -2.52. The van der Waals surface area contributed by atoms with Gasteiger partial charge in [-0.3, -0.25) is 14.6 Å². The molecule has 0 radical (unpaired) electrons. The molecule has 228 valence electrons. The second-order valence-electron chi connectivity index (χ2n) is 12.3. The van der Waals surface area contributed by atoms with Crippen molar-refractivity contribution in [1.29, 1.82) is 0 Å². The fourth-order valence-corrected chi connectivity index (χ4v) is 6.35. The van der Waals surface area contributed by atoms with Gasteiger partial charge in [-0.15, -0.1) is 0 Å². The van der Waals surface area contributed by atoms with E-state index in [1.54, 1.807) is 38.1 Å². The minimum Gasteiger partial charge on any atom is -0.478 e. The van der Waals surface area contributed by atoms with Crippen molar-refractivity contribution >= 4 is 51.4 Å². The summed E-state index contributed by atoms with van der Waals surface area (Å²) in [7, 11) is 2.06. The molecule has 1 aliphatic rings. The predicted molar refractivity (Wildman–Crippen MR) is 178 cm³/mol. The van der Waals surface area contributed by atoms with E-state index in [9.17, 15) is 14.4 Å². The normalized spacial score (nSPS) is 13.9. The van der Waals surface area contributed by atoms with Crippen LogP contribution in [-0.2, 0) is 16.6 Å². The summed E-state index contributed by atoms with van der Waals surface area (Å²) in [6.45, 7) is 3.33. The van der Waals surface area contributed by atoms with E-state index < -0.39 is 11.5 Å². The maximum Gasteiger partial charge on any atom is 0.328 e. The number of carboxylic acids is 1. The Morgan fingerprint density at radius 3 is 2.47 bits per heavy atom. The minimum atomic E-state index is -1.21. The molecule has 0 spiro atoms. The van der Waals surface area contributed by atoms with Crippen molar-refractivity contribution in [3.8, 4) is 11.3 Å². The summed E-state index contributed by atoms with van der Waals surface area (Å²) in [6.07, 6.45) is 9.05. The van der Waals surface area contributed by atoms with Gasteiger partial charge in [-0.05, 0) is 97.8 Å². The number of hydrogen-bond acceptors (Lipinski definition) is 4. The highest BCUT2D eigenvalue weighted by atomic mass is 16.4. The number of carboxylic acid groups (broad SMARTS) is 1. The van der Waals surface area contributed by atoms with Crippen LogP contribution in [0.25, 0.3) is 39.1 Å². The minimum absolute atomic E-state index is 0.340. The van der Waals surface area contributed by atoms with Crippen molar-refractivity contribution < 1.29 is 19.5 Å². The molecule has 0 atom stereocenters. The third-order valence-corrected chi connectivity index (χ3v) is 8.72. The van der Waals surface area contributed by atoms with Crippen LogP contribution in [0.15, 0.2) is 85.1 Å². The highest BCUT2D eigenvalue weighted by molar-refractivity contribution is 6.05. The summed E-state index contributed by atoms with van der Waals surface area (Å²) in [5.41, 5.74) is 6.07. The zero-order valence-corrected chi connectivity index (χ0v) is 25.6. The molecular formula is C37H36N4O4. The number of nitrogens with zero attached hydrogens (tertiary/aromatic N) is 2. The topological polar surface area (TPSA) is 113 Å². The number of aliphatic carboxylic acids is 1. The zero-order valence-electron chi connectivity index (χ0n) is 25.6. The van der Waals surface area contributed by atoms with Crippen LogP contribution in [0, 0.1) is 0 Å². The van der Waals surface area contributed by atoms with Gasteiger partial charge >= 0.3 is 5.97 Å². The summed E-state index contributed by atoms with van der Waals surface area (Å²) in [6, 6.07) is 23.1. The van der Waals surface area contributed by atoms with Gasteiger partial charge in [0.05, 0.1) is 11.2 Å². The fraction of sp³-hybridized carbons (Fsp3) is 0.243. The number of carbonyl (C=O) groups is 3. The summed E-state index contributed by atoms with van der Waals surface area (Å²) < 4.78 is 2.20. The van der Waals surface area contributed by atoms with Crippen LogP contribution in [0.5, 0.6) is 0 Å². The van der Waals surface area contributed by atoms with E-state index >= 15 is 0 Å². The number of hydrogen-bond donors (Lipinski definition) is 3. The molecule has 1 fully saturated rings. The van der Waals surface area contributed by atoms with Crippen LogP contribution >= 0.6 is 0 Å². The van der Waals surface area contributed by atoms with E-state index in [2.05, 4.69) is 57.6 Å². The summed E-state index contributed by atoms with van der Waals surface area (Å²) in [5, 5.41) is 16.8. The molecule has 0 unspecified atom stereocenters. The molecule has 3 aromatic carbocycles. The number of anilines is 1. The van der Waals surface area contributed by atoms with Gasteiger partial charge in [0.15, 0.2) is 0 Å². The Balaban J connectivity index is 1.27. The van der Waals surface area contributed by atoms with Crippen molar-refractivity contribution in [2.45, 2.75) is 51.0 Å². The molecule has 0 bridgehead atoms.